The van der Waals surface area contributed by atoms with E-state index in [-0.39, 0.29) is 45.7 Å². The number of carbonyl (C=O) groups is 3. The monoisotopic (exact) mass is 1190 g/mol. The summed E-state index contributed by atoms with van der Waals surface area (Å²) in [6.45, 7) is -2.80. The fourth-order valence-electron chi connectivity index (χ4n) is 9.96. The number of aromatic amines is 1. The van der Waals surface area contributed by atoms with Gasteiger partial charge >= 0.3 is 6.80 Å². The fraction of sp³-hybridized carbons (Fsp3) is 0.627. The Morgan fingerprint density at radius 1 is 0.812 bits per heavy atom. The third-order valence-corrected chi connectivity index (χ3v) is 21.0. The van der Waals surface area contributed by atoms with Crippen LogP contribution >= 0.6 is 24.7 Å². The lowest BCUT2D eigenvalue weighted by atomic mass is 10.0. The van der Waals surface area contributed by atoms with E-state index in [4.69, 9.17) is 40.6 Å². The summed E-state index contributed by atoms with van der Waals surface area (Å²) in [7, 11) is 0. The molecule has 3 aliphatic heterocycles. The van der Waals surface area contributed by atoms with E-state index in [0.717, 1.165) is 44.7 Å². The molecule has 0 saturated carbocycles. The van der Waals surface area contributed by atoms with Crippen molar-refractivity contribution >= 4 is 88.0 Å². The number of amides is 3. The number of hydrogen-bond donors (Lipinski definition) is 6. The van der Waals surface area contributed by atoms with Crippen molar-refractivity contribution in [1.29, 1.82) is 0 Å². The van der Waals surface area contributed by atoms with Gasteiger partial charge in [0.1, 0.15) is 36.1 Å². The highest BCUT2D eigenvalue weighted by Crippen LogP contribution is 2.66. The molecule has 2 unspecified atom stereocenters. The van der Waals surface area contributed by atoms with E-state index in [1.165, 1.54) is 80.2 Å². The lowest BCUT2D eigenvalue weighted by Gasteiger charge is -2.27. The van der Waals surface area contributed by atoms with Crippen molar-refractivity contribution in [2.75, 3.05) is 24.3 Å². The molecule has 80 heavy (non-hydrogen) atoms. The first-order chi connectivity index (χ1) is 38.4. The molecule has 29 heteroatoms. The molecule has 0 aliphatic carbocycles. The van der Waals surface area contributed by atoms with Crippen molar-refractivity contribution < 1.29 is 55.7 Å². The normalized spacial score (nSPS) is 26.9. The maximum absolute atomic E-state index is 16.9. The third kappa shape index (κ3) is 15.0. The molecular formula is C51H72F2N12O11P2S2. The summed E-state index contributed by atoms with van der Waals surface area (Å²) >= 11 is 6.28. The quantitative estimate of drug-likeness (QED) is 0.0237. The molecule has 7 heterocycles. The molecule has 3 fully saturated rings. The number of carbonyl (C=O) groups excluding carboxylic acids is 3. The molecule has 7 N–H and O–H groups in total. The molecule has 8 rings (SSSR count). The van der Waals surface area contributed by atoms with Crippen LogP contribution in [-0.4, -0.2) is 123 Å². The highest BCUT2D eigenvalue weighted by Gasteiger charge is 2.57. The zero-order chi connectivity index (χ0) is 57.1. The number of nitrogens with zero attached hydrogens (tertiary/aromatic N) is 7. The van der Waals surface area contributed by atoms with Gasteiger partial charge in [0.05, 0.1) is 44.0 Å². The topological polar surface area (TPSA) is 304 Å². The number of ether oxygens (including phenoxy) is 2. The molecular weight excluding hydrogens is 1120 g/mol. The molecule has 3 aliphatic rings. The van der Waals surface area contributed by atoms with E-state index in [9.17, 15) is 24.1 Å². The fourth-order valence-corrected chi connectivity index (χ4v) is 15.9. The smallest absolute Gasteiger partial charge is 0.382 e. The summed E-state index contributed by atoms with van der Waals surface area (Å²) in [6, 6.07) is 4.62. The highest BCUT2D eigenvalue weighted by molar-refractivity contribution is 8.54. The van der Waals surface area contributed by atoms with Gasteiger partial charge in [0.15, 0.2) is 53.9 Å². The Morgan fingerprint density at radius 2 is 1.41 bits per heavy atom. The Bertz CT molecular complexity index is 3070. The summed E-state index contributed by atoms with van der Waals surface area (Å²) in [5.74, 6) is -1.52. The number of aromatic nitrogens is 8. The minimum absolute atomic E-state index is 0.0247. The molecule has 12 atom stereocenters. The Balaban J connectivity index is 0.884. The highest BCUT2D eigenvalue weighted by atomic mass is 32.7. The summed E-state index contributed by atoms with van der Waals surface area (Å²) < 4.78 is 81.7. The molecule has 0 spiro atoms. The van der Waals surface area contributed by atoms with Gasteiger partial charge < -0.3 is 45.6 Å². The maximum atomic E-state index is 16.9. The van der Waals surface area contributed by atoms with Gasteiger partial charge in [-0.3, -0.25) is 37.4 Å². The van der Waals surface area contributed by atoms with Gasteiger partial charge in [-0.05, 0) is 60.1 Å². The van der Waals surface area contributed by atoms with E-state index in [1.807, 2.05) is 13.8 Å². The van der Waals surface area contributed by atoms with Crippen molar-refractivity contribution in [2.45, 2.75) is 184 Å². The van der Waals surface area contributed by atoms with Crippen molar-refractivity contribution in [1.82, 2.24) is 49.7 Å². The summed E-state index contributed by atoms with van der Waals surface area (Å²) in [6.07, 6.45) is 8.61. The zero-order valence-electron chi connectivity index (χ0n) is 45.2. The van der Waals surface area contributed by atoms with Crippen LogP contribution in [0.4, 0.5) is 20.3 Å². The van der Waals surface area contributed by atoms with Crippen molar-refractivity contribution in [3.63, 3.8) is 0 Å². The second kappa shape index (κ2) is 28.0. The van der Waals surface area contributed by atoms with Crippen LogP contribution in [0.3, 0.4) is 0 Å². The molecule has 3 saturated heterocycles. The van der Waals surface area contributed by atoms with Crippen LogP contribution < -0.4 is 27.2 Å². The predicted molar refractivity (Wildman–Crippen MR) is 301 cm³/mol. The lowest BCUT2D eigenvalue weighted by Crippen LogP contribution is -2.53. The summed E-state index contributed by atoms with van der Waals surface area (Å²) in [4.78, 5) is 87.0. The van der Waals surface area contributed by atoms with Crippen LogP contribution in [0.2, 0.25) is 0 Å². The average molecular weight is 1190 g/mol. The Hall–Kier alpha value is -4.82. The number of nitrogens with one attached hydrogen (secondary N) is 4. The van der Waals surface area contributed by atoms with Crippen LogP contribution in [0.5, 0.6) is 0 Å². The Kier molecular flexibility index (Phi) is 21.4. The zero-order valence-corrected chi connectivity index (χ0v) is 48.6. The number of rotatable bonds is 25. The third-order valence-electron chi connectivity index (χ3n) is 14.4. The standard InChI is InChI=1S/C51H72F2N12O11P2S2/c1-5-6-7-8-9-10-11-12-13-14-15-16-17-18-36(66)63-39(30(2)3)49(69)61-31(4)47(67)62-33-21-19-32(20-22-33)25-80-78(71)73-24-35-43(38(53)51(75-35)64-28-59-40-44(54)55-26-56-45(40)64)77(70,79)72-23-34-42(76-78)37(52)50(74-34)65-29-60-41-46(65)57-27-58-48(41)68/h19-22,26-31,34-35,37-39,42-43,50-51H,5-18,23-25H2,1-4H3,(H,61,69)(H,62,67)(H,63,66)(H,70,79)(H2,54,55,56)(H,57,58,68)/t31-,34+,35+,37+,38+,39-,42+,43+,50+,51+,77?,78?/m0/s1. The number of fused-ring (bicyclic) bond motifs is 4. The minimum Gasteiger partial charge on any atom is -0.382 e. The van der Waals surface area contributed by atoms with E-state index >= 15 is 13.3 Å². The maximum Gasteiger partial charge on any atom is 0.389 e. The molecule has 4 aromatic heterocycles. The van der Waals surface area contributed by atoms with Crippen LogP contribution in [0.1, 0.15) is 136 Å². The molecule has 3 amide bonds. The SMILES string of the molecule is CCCCCCCCCCCCCCCC(=O)N[C@H](C(=O)N[C@@H](C)C(=O)Nc1ccc(CSP2(=O)OC[C@H]3O[C@@H](n4cnc5c(N)ncnc54)[C@H](F)[C@@H]3P(O)(=S)OC[C@H]3O[C@@H](n4cnc5c(=O)[nH]cnc54)[C@H](F)[C@@H]3O2)cc1)C(C)C. The van der Waals surface area contributed by atoms with E-state index in [0.29, 0.717) is 29.1 Å². The summed E-state index contributed by atoms with van der Waals surface area (Å²) in [5, 5.41) is 8.36. The molecule has 438 valence electrons. The molecule has 1 aromatic carbocycles. The molecule has 0 radical (unpaired) electrons. The van der Waals surface area contributed by atoms with Gasteiger partial charge in [0.25, 0.3) is 5.56 Å². The Morgan fingerprint density at radius 3 is 2.08 bits per heavy atom. The van der Waals surface area contributed by atoms with Crippen LogP contribution in [-0.2, 0) is 59.6 Å². The second-order valence-electron chi connectivity index (χ2n) is 20.8. The first-order valence-electron chi connectivity index (χ1n) is 27.3. The molecule has 0 bridgehead atoms. The van der Waals surface area contributed by atoms with Gasteiger partial charge in [-0.1, -0.05) is 110 Å². The molecule has 5 aromatic rings. The van der Waals surface area contributed by atoms with E-state index in [1.54, 1.807) is 24.3 Å². The van der Waals surface area contributed by atoms with Gasteiger partial charge in [-0.25, -0.2) is 38.3 Å². The van der Waals surface area contributed by atoms with Gasteiger partial charge in [-0.2, -0.15) is 0 Å². The van der Waals surface area contributed by atoms with Crippen LogP contribution in [0.15, 0.2) is 54.4 Å². The number of nitrogen functional groups attached to an aromatic ring is 1. The first-order valence-corrected chi connectivity index (χ1v) is 33.2. The number of alkyl halides is 2. The molecule has 23 nitrogen and oxygen atoms in total. The van der Waals surface area contributed by atoms with E-state index < -0.39 is 105 Å². The second-order valence-corrected chi connectivity index (χ2v) is 28.4. The minimum atomic E-state index is -4.58. The Labute approximate surface area is 471 Å². The number of nitrogens with two attached hydrogens (primary N) is 1. The van der Waals surface area contributed by atoms with Crippen molar-refractivity contribution in [2.24, 2.45) is 5.92 Å². The average Bonchev–Trinajstić information content (AvgIpc) is 4.22. The van der Waals surface area contributed by atoms with Crippen molar-refractivity contribution in [3.8, 4) is 0 Å². The van der Waals surface area contributed by atoms with Gasteiger partial charge in [-0.15, -0.1) is 0 Å². The number of imidazole rings is 2. The van der Waals surface area contributed by atoms with E-state index in [2.05, 4.69) is 52.8 Å². The number of benzene rings is 1. The first kappa shape index (κ1) is 61.3. The number of unbranched alkanes of at least 4 members (excludes halogenated alkanes) is 12. The number of anilines is 2. The number of halogens is 2. The number of hydrogen-bond acceptors (Lipinski definition) is 18. The van der Waals surface area contributed by atoms with Gasteiger partial charge in [0, 0.05) is 17.9 Å². The van der Waals surface area contributed by atoms with Gasteiger partial charge in [0.2, 0.25) is 17.7 Å². The largest absolute Gasteiger partial charge is 0.389 e. The number of H-pyrrole nitrogens is 1. The van der Waals surface area contributed by atoms with Crippen LogP contribution in [0.25, 0.3) is 22.3 Å². The van der Waals surface area contributed by atoms with Crippen LogP contribution in [0, 0.1) is 5.92 Å². The lowest BCUT2D eigenvalue weighted by molar-refractivity contribution is -0.131. The predicted octanol–water partition coefficient (Wildman–Crippen LogP) is 8.22. The van der Waals surface area contributed by atoms with Crippen molar-refractivity contribution in [3.05, 3.63) is 65.5 Å². The summed E-state index contributed by atoms with van der Waals surface area (Å²) in [5.41, 5.74) is 4.85.